The molecule has 1 N–H and O–H groups in total. The van der Waals surface area contributed by atoms with Crippen LogP contribution in [0.2, 0.25) is 0 Å². The molecule has 1 atom stereocenters. The highest BCUT2D eigenvalue weighted by Crippen LogP contribution is 2.40. The van der Waals surface area contributed by atoms with Crippen LogP contribution in [0.25, 0.3) is 11.4 Å². The number of halogens is 1. The van der Waals surface area contributed by atoms with Crippen LogP contribution in [0.4, 0.5) is 0 Å². The predicted octanol–water partition coefficient (Wildman–Crippen LogP) is 3.93. The first kappa shape index (κ1) is 22.9. The predicted molar refractivity (Wildman–Crippen MR) is 130 cm³/mol. The number of aliphatic hydroxyl groups excluding tert-OH is 1. The lowest BCUT2D eigenvalue weighted by atomic mass is 9.95. The minimum absolute atomic E-state index is 0.0804. The molecule has 1 fully saturated rings. The fourth-order valence-electron chi connectivity index (χ4n) is 4.03. The number of aliphatic hydroxyl groups is 1. The largest absolute Gasteiger partial charge is 0.507 e. The van der Waals surface area contributed by atoms with E-state index in [9.17, 15) is 14.7 Å². The van der Waals surface area contributed by atoms with Gasteiger partial charge in [-0.25, -0.2) is 4.68 Å². The van der Waals surface area contributed by atoms with Crippen LogP contribution in [0.5, 0.6) is 0 Å². The van der Waals surface area contributed by atoms with Gasteiger partial charge in [-0.15, -0.1) is 0 Å². The summed E-state index contributed by atoms with van der Waals surface area (Å²) in [5.74, 6) is -1.52. The van der Waals surface area contributed by atoms with Gasteiger partial charge in [-0.2, -0.15) is 5.10 Å². The molecule has 2 aromatic carbocycles. The normalized spacial score (nSPS) is 17.8. The number of likely N-dealkylation sites (N-methyl/N-ethyl adjacent to an activating group) is 1. The Labute approximate surface area is 201 Å². The maximum atomic E-state index is 13.2. The average Bonchev–Trinajstić information content (AvgIpc) is 3.30. The number of carbonyl (C=O) groups excluding carboxylic acids is 2. The van der Waals surface area contributed by atoms with Crippen molar-refractivity contribution in [2.24, 2.45) is 0 Å². The molecule has 4 rings (SSSR count). The monoisotopic (exact) mass is 508 g/mol. The number of carbonyl (C=O) groups is 2. The van der Waals surface area contributed by atoms with E-state index in [1.165, 1.54) is 11.1 Å². The topological polar surface area (TPSA) is 78.7 Å². The van der Waals surface area contributed by atoms with Crippen molar-refractivity contribution >= 4 is 33.4 Å². The molecule has 33 heavy (non-hydrogen) atoms. The standard InChI is InChI=1S/C25H25BrN4O3/c1-16-20(15-27-30(16)19-7-5-4-6-8-19)23(31)21-22(17-9-11-18(26)12-10-17)29(14-13-28(2)3)25(33)24(21)32/h4-12,15,22,31H,13-14H2,1-3H3/t22-/m1/s1. The van der Waals surface area contributed by atoms with Crippen molar-refractivity contribution in [3.63, 3.8) is 0 Å². The van der Waals surface area contributed by atoms with Crippen LogP contribution < -0.4 is 0 Å². The van der Waals surface area contributed by atoms with E-state index < -0.39 is 17.7 Å². The number of para-hydroxylation sites is 1. The zero-order valence-corrected chi connectivity index (χ0v) is 20.3. The zero-order chi connectivity index (χ0) is 23.7. The van der Waals surface area contributed by atoms with E-state index in [4.69, 9.17) is 0 Å². The smallest absolute Gasteiger partial charge is 0.295 e. The molecular formula is C25H25BrN4O3. The molecule has 1 saturated heterocycles. The number of likely N-dealkylation sites (tertiary alicyclic amines) is 1. The molecule has 8 heteroatoms. The van der Waals surface area contributed by atoms with Gasteiger partial charge in [0.05, 0.1) is 34.8 Å². The number of benzene rings is 2. The van der Waals surface area contributed by atoms with Gasteiger partial charge in [0.1, 0.15) is 5.76 Å². The molecule has 3 aromatic rings. The van der Waals surface area contributed by atoms with E-state index in [0.29, 0.717) is 24.3 Å². The summed E-state index contributed by atoms with van der Waals surface area (Å²) < 4.78 is 2.59. The fourth-order valence-corrected chi connectivity index (χ4v) is 4.29. The van der Waals surface area contributed by atoms with E-state index in [-0.39, 0.29) is 11.3 Å². The van der Waals surface area contributed by atoms with Crippen molar-refractivity contribution in [2.45, 2.75) is 13.0 Å². The van der Waals surface area contributed by atoms with Crippen molar-refractivity contribution in [2.75, 3.05) is 27.2 Å². The van der Waals surface area contributed by atoms with E-state index in [1.54, 1.807) is 4.68 Å². The molecule has 0 aliphatic carbocycles. The Morgan fingerprint density at radius 1 is 1.09 bits per heavy atom. The molecule has 1 aromatic heterocycles. The Balaban J connectivity index is 1.84. The second kappa shape index (κ2) is 9.33. The van der Waals surface area contributed by atoms with Crippen molar-refractivity contribution in [1.82, 2.24) is 19.6 Å². The maximum absolute atomic E-state index is 13.2. The maximum Gasteiger partial charge on any atom is 0.295 e. The molecule has 7 nitrogen and oxygen atoms in total. The number of Topliss-reactive ketones (excluding diaryl/α,β-unsaturated/α-hetero) is 1. The van der Waals surface area contributed by atoms with Gasteiger partial charge >= 0.3 is 0 Å². The highest BCUT2D eigenvalue weighted by molar-refractivity contribution is 9.10. The molecule has 1 aliphatic rings. The van der Waals surface area contributed by atoms with Crippen LogP contribution >= 0.6 is 15.9 Å². The van der Waals surface area contributed by atoms with E-state index >= 15 is 0 Å². The molecule has 0 radical (unpaired) electrons. The van der Waals surface area contributed by atoms with Crippen LogP contribution in [0.1, 0.15) is 22.9 Å². The van der Waals surface area contributed by atoms with E-state index in [1.807, 2.05) is 80.5 Å². The summed E-state index contributed by atoms with van der Waals surface area (Å²) in [5, 5.41) is 15.7. The first-order valence-corrected chi connectivity index (χ1v) is 11.4. The summed E-state index contributed by atoms with van der Waals surface area (Å²) in [4.78, 5) is 29.6. The van der Waals surface area contributed by atoms with Gasteiger partial charge in [0.15, 0.2) is 0 Å². The molecule has 170 valence electrons. The fraction of sp³-hybridized carbons (Fsp3) is 0.240. The third kappa shape index (κ3) is 4.36. The number of hydrogen-bond donors (Lipinski definition) is 1. The SMILES string of the molecule is Cc1c(C(O)=C2C(=O)C(=O)N(CCN(C)C)[C@@H]2c2ccc(Br)cc2)cnn1-c1ccccc1. The van der Waals surface area contributed by atoms with Crippen LogP contribution in [0.3, 0.4) is 0 Å². The Morgan fingerprint density at radius 2 is 1.76 bits per heavy atom. The summed E-state index contributed by atoms with van der Waals surface area (Å²) in [6, 6.07) is 16.3. The van der Waals surface area contributed by atoms with Gasteiger partial charge in [0.2, 0.25) is 0 Å². The molecule has 0 bridgehead atoms. The molecule has 1 amide bonds. The summed E-state index contributed by atoms with van der Waals surface area (Å²) in [6.45, 7) is 2.77. The Morgan fingerprint density at radius 3 is 2.39 bits per heavy atom. The number of amides is 1. The minimum Gasteiger partial charge on any atom is -0.507 e. The summed E-state index contributed by atoms with van der Waals surface area (Å²) >= 11 is 3.43. The summed E-state index contributed by atoms with van der Waals surface area (Å²) in [6.07, 6.45) is 1.53. The van der Waals surface area contributed by atoms with Gasteiger partial charge in [-0.3, -0.25) is 9.59 Å². The number of hydrogen-bond acceptors (Lipinski definition) is 5. The Bertz CT molecular complexity index is 1220. The summed E-state index contributed by atoms with van der Waals surface area (Å²) in [7, 11) is 3.82. The Hall–Kier alpha value is -3.23. The molecule has 1 aliphatic heterocycles. The van der Waals surface area contributed by atoms with Gasteiger partial charge in [-0.05, 0) is 50.8 Å². The highest BCUT2D eigenvalue weighted by atomic mass is 79.9. The van der Waals surface area contributed by atoms with Crippen LogP contribution in [0.15, 0.2) is 70.8 Å². The average molecular weight is 509 g/mol. The van der Waals surface area contributed by atoms with Crippen LogP contribution in [0, 0.1) is 6.92 Å². The van der Waals surface area contributed by atoms with Gasteiger partial charge < -0.3 is 14.9 Å². The molecular weight excluding hydrogens is 484 g/mol. The van der Waals surface area contributed by atoms with Gasteiger partial charge in [0, 0.05) is 17.6 Å². The van der Waals surface area contributed by atoms with Crippen molar-refractivity contribution in [3.05, 3.63) is 87.7 Å². The number of nitrogens with zero attached hydrogens (tertiary/aromatic N) is 4. The quantitative estimate of drug-likeness (QED) is 0.310. The lowest BCUT2D eigenvalue weighted by Gasteiger charge is -2.26. The number of aromatic nitrogens is 2. The van der Waals surface area contributed by atoms with Crippen molar-refractivity contribution < 1.29 is 14.7 Å². The van der Waals surface area contributed by atoms with E-state index in [0.717, 1.165) is 15.7 Å². The molecule has 0 saturated carbocycles. The highest BCUT2D eigenvalue weighted by Gasteiger charge is 2.46. The third-order valence-electron chi connectivity index (χ3n) is 5.78. The van der Waals surface area contributed by atoms with E-state index in [2.05, 4.69) is 21.0 Å². The molecule has 0 spiro atoms. The third-order valence-corrected chi connectivity index (χ3v) is 6.31. The molecule has 2 heterocycles. The van der Waals surface area contributed by atoms with Gasteiger partial charge in [-0.1, -0.05) is 46.3 Å². The zero-order valence-electron chi connectivity index (χ0n) is 18.7. The second-order valence-corrected chi connectivity index (χ2v) is 9.15. The lowest BCUT2D eigenvalue weighted by molar-refractivity contribution is -0.140. The second-order valence-electron chi connectivity index (χ2n) is 8.24. The molecule has 0 unspecified atom stereocenters. The first-order chi connectivity index (χ1) is 15.8. The number of rotatable bonds is 6. The number of ketones is 1. The minimum atomic E-state index is -0.689. The van der Waals surface area contributed by atoms with Crippen LogP contribution in [-0.2, 0) is 9.59 Å². The van der Waals surface area contributed by atoms with Gasteiger partial charge in [0.25, 0.3) is 11.7 Å². The lowest BCUT2D eigenvalue weighted by Crippen LogP contribution is -2.35. The Kier molecular flexibility index (Phi) is 6.49. The van der Waals surface area contributed by atoms with Crippen LogP contribution in [-0.4, -0.2) is 63.6 Å². The van der Waals surface area contributed by atoms with Crippen molar-refractivity contribution in [3.8, 4) is 5.69 Å². The summed E-state index contributed by atoms with van der Waals surface area (Å²) in [5.41, 5.74) is 2.77. The van der Waals surface area contributed by atoms with Crippen molar-refractivity contribution in [1.29, 1.82) is 0 Å². The first-order valence-electron chi connectivity index (χ1n) is 10.6.